The zero-order valence-corrected chi connectivity index (χ0v) is 10.5. The molecular weight excluding hydrogens is 208 g/mol. The summed E-state index contributed by atoms with van der Waals surface area (Å²) in [6.07, 6.45) is 3.98. The third kappa shape index (κ3) is 4.17. The first kappa shape index (κ1) is 12.4. The lowest BCUT2D eigenvalue weighted by Gasteiger charge is -2.08. The van der Waals surface area contributed by atoms with E-state index in [1.54, 1.807) is 0 Å². The number of halogens is 1. The third-order valence-corrected chi connectivity index (χ3v) is 2.71. The Labute approximate surface area is 97.1 Å². The predicted molar refractivity (Wildman–Crippen MR) is 64.4 cm³/mol. The van der Waals surface area contributed by atoms with E-state index in [1.165, 1.54) is 0 Å². The molecule has 0 radical (unpaired) electrons. The lowest BCUT2D eigenvalue weighted by Crippen LogP contribution is -2.07. The van der Waals surface area contributed by atoms with Gasteiger partial charge in [0.2, 0.25) is 0 Å². The Hall–Kier alpha value is -0.630. The second-order valence-electron chi connectivity index (χ2n) is 3.84. The van der Waals surface area contributed by atoms with Crippen LogP contribution in [0.4, 0.5) is 0 Å². The first-order valence-electron chi connectivity index (χ1n) is 5.63. The number of hydrogen-bond donors (Lipinski definition) is 0. The van der Waals surface area contributed by atoms with Gasteiger partial charge in [0.1, 0.15) is 5.82 Å². The molecule has 84 valence electrons. The SMILES string of the molecule is CCCC(Cl)Cc1cc(CC)nc(C)n1. The molecule has 3 heteroatoms. The molecule has 1 aromatic rings. The summed E-state index contributed by atoms with van der Waals surface area (Å²) < 4.78 is 0. The van der Waals surface area contributed by atoms with Crippen LogP contribution in [0.15, 0.2) is 6.07 Å². The Balaban J connectivity index is 2.71. The van der Waals surface area contributed by atoms with E-state index in [1.807, 2.05) is 6.92 Å². The van der Waals surface area contributed by atoms with Gasteiger partial charge in [-0.1, -0.05) is 20.3 Å². The number of aryl methyl sites for hydroxylation is 2. The molecule has 15 heavy (non-hydrogen) atoms. The molecule has 0 saturated carbocycles. The standard InChI is InChI=1S/C12H19ClN2/c1-4-6-10(13)7-12-8-11(5-2)14-9(3)15-12/h8,10H,4-7H2,1-3H3. The number of rotatable bonds is 5. The second-order valence-corrected chi connectivity index (χ2v) is 4.46. The first-order chi connectivity index (χ1) is 7.15. The second kappa shape index (κ2) is 6.06. The molecule has 0 aliphatic carbocycles. The van der Waals surface area contributed by atoms with Crippen molar-refractivity contribution in [3.05, 3.63) is 23.3 Å². The van der Waals surface area contributed by atoms with E-state index in [0.717, 1.165) is 42.9 Å². The Morgan fingerprint density at radius 2 is 1.93 bits per heavy atom. The topological polar surface area (TPSA) is 25.8 Å². The maximum atomic E-state index is 6.20. The van der Waals surface area contributed by atoms with E-state index in [4.69, 9.17) is 11.6 Å². The zero-order valence-electron chi connectivity index (χ0n) is 9.76. The minimum absolute atomic E-state index is 0.203. The van der Waals surface area contributed by atoms with Crippen LogP contribution in [0.5, 0.6) is 0 Å². The summed E-state index contributed by atoms with van der Waals surface area (Å²) in [5.41, 5.74) is 2.19. The minimum atomic E-state index is 0.203. The molecule has 0 spiro atoms. The highest BCUT2D eigenvalue weighted by Gasteiger charge is 2.07. The quantitative estimate of drug-likeness (QED) is 0.720. The Morgan fingerprint density at radius 3 is 2.53 bits per heavy atom. The minimum Gasteiger partial charge on any atom is -0.238 e. The van der Waals surface area contributed by atoms with Crippen molar-refractivity contribution in [2.45, 2.75) is 51.8 Å². The molecule has 0 amide bonds. The molecule has 2 nitrogen and oxygen atoms in total. The molecule has 0 aliphatic rings. The van der Waals surface area contributed by atoms with Crippen molar-refractivity contribution in [2.75, 3.05) is 0 Å². The molecule has 1 rings (SSSR count). The maximum absolute atomic E-state index is 6.20. The molecule has 0 fully saturated rings. The zero-order chi connectivity index (χ0) is 11.3. The first-order valence-corrected chi connectivity index (χ1v) is 6.06. The van der Waals surface area contributed by atoms with Crippen LogP contribution in [0.2, 0.25) is 0 Å². The predicted octanol–water partition coefficient (Wildman–Crippen LogP) is 3.30. The molecule has 0 bridgehead atoms. The van der Waals surface area contributed by atoms with Gasteiger partial charge < -0.3 is 0 Å². The smallest absolute Gasteiger partial charge is 0.125 e. The number of hydrogen-bond acceptors (Lipinski definition) is 2. The average molecular weight is 227 g/mol. The Bertz CT molecular complexity index is 312. The number of alkyl halides is 1. The molecule has 1 atom stereocenters. The van der Waals surface area contributed by atoms with Gasteiger partial charge in [0, 0.05) is 23.2 Å². The molecule has 0 aliphatic heterocycles. The summed E-state index contributed by atoms with van der Waals surface area (Å²) in [5.74, 6) is 0.852. The average Bonchev–Trinajstić information content (AvgIpc) is 2.17. The summed E-state index contributed by atoms with van der Waals surface area (Å²) in [5, 5.41) is 0.203. The van der Waals surface area contributed by atoms with Gasteiger partial charge in [-0.05, 0) is 25.8 Å². The van der Waals surface area contributed by atoms with E-state index in [2.05, 4.69) is 29.9 Å². The fourth-order valence-corrected chi connectivity index (χ4v) is 2.00. The van der Waals surface area contributed by atoms with E-state index >= 15 is 0 Å². The van der Waals surface area contributed by atoms with E-state index in [9.17, 15) is 0 Å². The van der Waals surface area contributed by atoms with Crippen molar-refractivity contribution in [2.24, 2.45) is 0 Å². The highest BCUT2D eigenvalue weighted by Crippen LogP contribution is 2.12. The van der Waals surface area contributed by atoms with Crippen molar-refractivity contribution in [1.29, 1.82) is 0 Å². The molecule has 0 saturated heterocycles. The Kier molecular flexibility index (Phi) is 5.03. The summed E-state index contributed by atoms with van der Waals surface area (Å²) >= 11 is 6.20. The van der Waals surface area contributed by atoms with Gasteiger partial charge in [0.15, 0.2) is 0 Å². The van der Waals surface area contributed by atoms with Crippen LogP contribution < -0.4 is 0 Å². The lowest BCUT2D eigenvalue weighted by molar-refractivity contribution is 0.709. The van der Waals surface area contributed by atoms with Crippen molar-refractivity contribution >= 4 is 11.6 Å². The van der Waals surface area contributed by atoms with Gasteiger partial charge in [0.05, 0.1) is 0 Å². The maximum Gasteiger partial charge on any atom is 0.125 e. The fourth-order valence-electron chi connectivity index (χ4n) is 1.63. The molecule has 1 unspecified atom stereocenters. The van der Waals surface area contributed by atoms with Gasteiger partial charge in [-0.3, -0.25) is 0 Å². The fraction of sp³-hybridized carbons (Fsp3) is 0.667. The van der Waals surface area contributed by atoms with Crippen molar-refractivity contribution in [3.8, 4) is 0 Å². The molecule has 1 aromatic heterocycles. The van der Waals surface area contributed by atoms with Crippen LogP contribution in [0.3, 0.4) is 0 Å². The van der Waals surface area contributed by atoms with Gasteiger partial charge in [0.25, 0.3) is 0 Å². The monoisotopic (exact) mass is 226 g/mol. The van der Waals surface area contributed by atoms with Crippen LogP contribution in [0, 0.1) is 6.92 Å². The molecule has 0 aromatic carbocycles. The third-order valence-electron chi connectivity index (χ3n) is 2.34. The van der Waals surface area contributed by atoms with Crippen molar-refractivity contribution < 1.29 is 0 Å². The van der Waals surface area contributed by atoms with Gasteiger partial charge >= 0.3 is 0 Å². The van der Waals surface area contributed by atoms with E-state index < -0.39 is 0 Å². The normalized spacial score (nSPS) is 12.8. The van der Waals surface area contributed by atoms with Crippen LogP contribution in [0.25, 0.3) is 0 Å². The van der Waals surface area contributed by atoms with Gasteiger partial charge in [-0.15, -0.1) is 11.6 Å². The van der Waals surface area contributed by atoms with Crippen LogP contribution in [-0.2, 0) is 12.8 Å². The number of nitrogens with zero attached hydrogens (tertiary/aromatic N) is 2. The molecule has 1 heterocycles. The summed E-state index contributed by atoms with van der Waals surface area (Å²) in [7, 11) is 0. The highest BCUT2D eigenvalue weighted by molar-refractivity contribution is 6.20. The highest BCUT2D eigenvalue weighted by atomic mass is 35.5. The Morgan fingerprint density at radius 1 is 1.27 bits per heavy atom. The van der Waals surface area contributed by atoms with Crippen LogP contribution >= 0.6 is 11.6 Å². The van der Waals surface area contributed by atoms with Gasteiger partial charge in [-0.25, -0.2) is 9.97 Å². The van der Waals surface area contributed by atoms with Crippen LogP contribution in [0.1, 0.15) is 43.9 Å². The lowest BCUT2D eigenvalue weighted by atomic mass is 10.1. The van der Waals surface area contributed by atoms with Crippen molar-refractivity contribution in [1.82, 2.24) is 9.97 Å². The van der Waals surface area contributed by atoms with E-state index in [0.29, 0.717) is 0 Å². The summed E-state index contributed by atoms with van der Waals surface area (Å²) in [6, 6.07) is 2.07. The molecule has 0 N–H and O–H groups in total. The van der Waals surface area contributed by atoms with Crippen molar-refractivity contribution in [3.63, 3.8) is 0 Å². The summed E-state index contributed by atoms with van der Waals surface area (Å²) in [4.78, 5) is 8.76. The largest absolute Gasteiger partial charge is 0.238 e. The van der Waals surface area contributed by atoms with E-state index in [-0.39, 0.29) is 5.38 Å². The van der Waals surface area contributed by atoms with Gasteiger partial charge in [-0.2, -0.15) is 0 Å². The summed E-state index contributed by atoms with van der Waals surface area (Å²) in [6.45, 7) is 6.19. The van der Waals surface area contributed by atoms with Crippen LogP contribution in [-0.4, -0.2) is 15.3 Å². The number of aromatic nitrogens is 2. The molecular formula is C12H19ClN2.